The number of aliphatic hydroxyl groups excluding tert-OH is 1. The van der Waals surface area contributed by atoms with E-state index < -0.39 is 6.10 Å². The molecule has 68 valence electrons. The molecule has 0 bridgehead atoms. The molecule has 0 saturated heterocycles. The number of aromatic nitrogens is 3. The first-order valence-electron chi connectivity index (χ1n) is 4.23. The van der Waals surface area contributed by atoms with Crippen LogP contribution in [0.3, 0.4) is 0 Å². The van der Waals surface area contributed by atoms with E-state index in [0.717, 1.165) is 11.0 Å². The zero-order valence-corrected chi connectivity index (χ0v) is 7.38. The van der Waals surface area contributed by atoms with Gasteiger partial charge in [0.05, 0.1) is 12.6 Å². The third kappa shape index (κ3) is 1.67. The van der Waals surface area contributed by atoms with Crippen molar-refractivity contribution in [3.05, 3.63) is 24.3 Å². The summed E-state index contributed by atoms with van der Waals surface area (Å²) in [6.07, 6.45) is -0.415. The molecule has 0 aliphatic rings. The maximum Gasteiger partial charge on any atom is 0.113 e. The summed E-state index contributed by atoms with van der Waals surface area (Å²) >= 11 is 0. The van der Waals surface area contributed by atoms with Gasteiger partial charge in [0.1, 0.15) is 11.0 Å². The molecule has 1 aromatic heterocycles. The van der Waals surface area contributed by atoms with Gasteiger partial charge in [0, 0.05) is 0 Å². The Balaban J connectivity index is 2.38. The molecule has 0 aliphatic heterocycles. The molecule has 1 aromatic carbocycles. The topological polar surface area (TPSA) is 50.9 Å². The lowest BCUT2D eigenvalue weighted by Gasteiger charge is -2.00. The molecule has 0 spiro atoms. The Morgan fingerprint density at radius 1 is 1.31 bits per heavy atom. The van der Waals surface area contributed by atoms with Crippen LogP contribution < -0.4 is 0 Å². The fourth-order valence-electron chi connectivity index (χ4n) is 1.22. The molecule has 4 nitrogen and oxygen atoms in total. The summed E-state index contributed by atoms with van der Waals surface area (Å²) in [7, 11) is 0. The van der Waals surface area contributed by atoms with Gasteiger partial charge in [-0.1, -0.05) is 12.1 Å². The Bertz CT molecular complexity index is 375. The zero-order chi connectivity index (χ0) is 9.26. The molecule has 4 heteroatoms. The molecule has 1 N–H and O–H groups in total. The fourth-order valence-corrected chi connectivity index (χ4v) is 1.22. The Hall–Kier alpha value is -1.42. The van der Waals surface area contributed by atoms with Crippen molar-refractivity contribution in [3.63, 3.8) is 0 Å². The molecule has 0 amide bonds. The van der Waals surface area contributed by atoms with Crippen LogP contribution in [0.4, 0.5) is 0 Å². The summed E-state index contributed by atoms with van der Waals surface area (Å²) in [5.74, 6) is 0. The molecule has 0 radical (unpaired) electrons. The molecule has 0 unspecified atom stereocenters. The van der Waals surface area contributed by atoms with Crippen molar-refractivity contribution < 1.29 is 5.11 Å². The standard InChI is InChI=1S/C9H11N3O/c1-7(13)6-12-10-8-4-2-3-5-9(8)11-12/h2-5,7,13H,6H2,1H3/t7-/m0/s1. The third-order valence-electron chi connectivity index (χ3n) is 1.76. The van der Waals surface area contributed by atoms with Gasteiger partial charge in [0.25, 0.3) is 0 Å². The summed E-state index contributed by atoms with van der Waals surface area (Å²) in [6, 6.07) is 7.65. The summed E-state index contributed by atoms with van der Waals surface area (Å²) in [5, 5.41) is 17.5. The maximum atomic E-state index is 9.13. The number of rotatable bonds is 2. The lowest BCUT2D eigenvalue weighted by molar-refractivity contribution is 0.162. The van der Waals surface area contributed by atoms with Gasteiger partial charge in [0.15, 0.2) is 0 Å². The van der Waals surface area contributed by atoms with Crippen molar-refractivity contribution in [3.8, 4) is 0 Å². The average molecular weight is 177 g/mol. The maximum absolute atomic E-state index is 9.13. The first kappa shape index (κ1) is 8.19. The minimum absolute atomic E-state index is 0.415. The van der Waals surface area contributed by atoms with E-state index in [1.807, 2.05) is 24.3 Å². The van der Waals surface area contributed by atoms with Gasteiger partial charge in [-0.15, -0.1) is 0 Å². The highest BCUT2D eigenvalue weighted by atomic mass is 16.3. The van der Waals surface area contributed by atoms with Crippen LogP contribution >= 0.6 is 0 Å². The van der Waals surface area contributed by atoms with Gasteiger partial charge in [-0.25, -0.2) is 0 Å². The lowest BCUT2D eigenvalue weighted by Crippen LogP contribution is -2.13. The quantitative estimate of drug-likeness (QED) is 0.738. The molecule has 0 aliphatic carbocycles. The van der Waals surface area contributed by atoms with Crippen molar-refractivity contribution in [1.82, 2.24) is 15.0 Å². The van der Waals surface area contributed by atoms with Crippen LogP contribution in [0.25, 0.3) is 11.0 Å². The van der Waals surface area contributed by atoms with Gasteiger partial charge < -0.3 is 5.11 Å². The average Bonchev–Trinajstić information content (AvgIpc) is 2.44. The molecule has 0 fully saturated rings. The number of benzene rings is 1. The van der Waals surface area contributed by atoms with Crippen molar-refractivity contribution in [1.29, 1.82) is 0 Å². The predicted molar refractivity (Wildman–Crippen MR) is 49.2 cm³/mol. The molecule has 1 heterocycles. The zero-order valence-electron chi connectivity index (χ0n) is 7.38. The number of hydrogen-bond donors (Lipinski definition) is 1. The SMILES string of the molecule is C[C@H](O)Cn1nc2ccccc2n1. The van der Waals surface area contributed by atoms with E-state index in [1.54, 1.807) is 6.92 Å². The van der Waals surface area contributed by atoms with Crippen LogP contribution in [0, 0.1) is 0 Å². The molecule has 13 heavy (non-hydrogen) atoms. The first-order chi connectivity index (χ1) is 6.25. The van der Waals surface area contributed by atoms with Crippen molar-refractivity contribution in [2.24, 2.45) is 0 Å². The minimum Gasteiger partial charge on any atom is -0.391 e. The summed E-state index contributed by atoms with van der Waals surface area (Å²) in [5.41, 5.74) is 1.73. The predicted octanol–water partition coefficient (Wildman–Crippen LogP) is 0.812. The van der Waals surface area contributed by atoms with Gasteiger partial charge in [0.2, 0.25) is 0 Å². The normalized spacial score (nSPS) is 13.4. The summed E-state index contributed by atoms with van der Waals surface area (Å²) in [6.45, 7) is 2.16. The van der Waals surface area contributed by atoms with Crippen LogP contribution in [0.1, 0.15) is 6.92 Å². The number of hydrogen-bond acceptors (Lipinski definition) is 3. The first-order valence-corrected chi connectivity index (χ1v) is 4.23. The van der Waals surface area contributed by atoms with Crippen LogP contribution in [0.15, 0.2) is 24.3 Å². The van der Waals surface area contributed by atoms with E-state index in [-0.39, 0.29) is 0 Å². The number of fused-ring (bicyclic) bond motifs is 1. The molecule has 0 saturated carbocycles. The van der Waals surface area contributed by atoms with Crippen LogP contribution in [0.2, 0.25) is 0 Å². The Labute approximate surface area is 75.8 Å². The second kappa shape index (κ2) is 3.14. The Morgan fingerprint density at radius 3 is 2.31 bits per heavy atom. The van der Waals surface area contributed by atoms with Crippen molar-refractivity contribution >= 4 is 11.0 Å². The van der Waals surface area contributed by atoms with Gasteiger partial charge in [-0.05, 0) is 19.1 Å². The van der Waals surface area contributed by atoms with Crippen LogP contribution in [-0.4, -0.2) is 26.2 Å². The molecule has 2 aromatic rings. The summed E-state index contributed by atoms with van der Waals surface area (Å²) in [4.78, 5) is 1.52. The molecule has 1 atom stereocenters. The van der Waals surface area contributed by atoms with E-state index in [0.29, 0.717) is 6.54 Å². The van der Waals surface area contributed by atoms with Crippen molar-refractivity contribution in [2.45, 2.75) is 19.6 Å². The van der Waals surface area contributed by atoms with Gasteiger partial charge in [-0.2, -0.15) is 15.0 Å². The minimum atomic E-state index is -0.415. The van der Waals surface area contributed by atoms with E-state index >= 15 is 0 Å². The second-order valence-corrected chi connectivity index (χ2v) is 3.09. The lowest BCUT2D eigenvalue weighted by atomic mass is 10.3. The van der Waals surface area contributed by atoms with E-state index in [2.05, 4.69) is 10.2 Å². The second-order valence-electron chi connectivity index (χ2n) is 3.09. The Kier molecular flexibility index (Phi) is 1.98. The van der Waals surface area contributed by atoms with Crippen LogP contribution in [0.5, 0.6) is 0 Å². The molecular formula is C9H11N3O. The van der Waals surface area contributed by atoms with Gasteiger partial charge >= 0.3 is 0 Å². The molecular weight excluding hydrogens is 166 g/mol. The highest BCUT2D eigenvalue weighted by molar-refractivity contribution is 5.72. The van der Waals surface area contributed by atoms with E-state index in [9.17, 15) is 0 Å². The smallest absolute Gasteiger partial charge is 0.113 e. The third-order valence-corrected chi connectivity index (χ3v) is 1.76. The summed E-state index contributed by atoms with van der Waals surface area (Å²) < 4.78 is 0. The monoisotopic (exact) mass is 177 g/mol. The largest absolute Gasteiger partial charge is 0.391 e. The molecule has 2 rings (SSSR count). The van der Waals surface area contributed by atoms with E-state index in [1.165, 1.54) is 4.80 Å². The highest BCUT2D eigenvalue weighted by Gasteiger charge is 2.02. The number of nitrogens with zero attached hydrogens (tertiary/aromatic N) is 3. The highest BCUT2D eigenvalue weighted by Crippen LogP contribution is 2.06. The van der Waals surface area contributed by atoms with Crippen molar-refractivity contribution in [2.75, 3.05) is 0 Å². The van der Waals surface area contributed by atoms with E-state index in [4.69, 9.17) is 5.11 Å². The number of aliphatic hydroxyl groups is 1. The Morgan fingerprint density at radius 2 is 1.85 bits per heavy atom. The van der Waals surface area contributed by atoms with Gasteiger partial charge in [-0.3, -0.25) is 0 Å². The fraction of sp³-hybridized carbons (Fsp3) is 0.333. The van der Waals surface area contributed by atoms with Crippen LogP contribution in [-0.2, 0) is 6.54 Å².